The monoisotopic (exact) mass is 294 g/mol. The summed E-state index contributed by atoms with van der Waals surface area (Å²) in [6, 6.07) is 15.6. The summed E-state index contributed by atoms with van der Waals surface area (Å²) in [6.07, 6.45) is 0.389. The zero-order valence-electron chi connectivity index (χ0n) is 12.7. The molecule has 1 heterocycles. The van der Waals surface area contributed by atoms with Gasteiger partial charge in [-0.3, -0.25) is 9.59 Å². The van der Waals surface area contributed by atoms with Gasteiger partial charge in [0.05, 0.1) is 0 Å². The van der Waals surface area contributed by atoms with Gasteiger partial charge in [-0.2, -0.15) is 0 Å². The lowest BCUT2D eigenvalue weighted by Gasteiger charge is -2.29. The van der Waals surface area contributed by atoms with Crippen LogP contribution in [0.25, 0.3) is 0 Å². The highest BCUT2D eigenvalue weighted by molar-refractivity contribution is 5.96. The molecule has 2 aromatic carbocycles. The number of nitrogens with one attached hydrogen (secondary N) is 1. The number of fused-ring (bicyclic) bond motifs is 1. The molecule has 0 fully saturated rings. The molecule has 22 heavy (non-hydrogen) atoms. The Labute approximate surface area is 129 Å². The lowest BCUT2D eigenvalue weighted by molar-refractivity contribution is -0.117. The van der Waals surface area contributed by atoms with E-state index in [2.05, 4.69) is 5.32 Å². The van der Waals surface area contributed by atoms with Crippen molar-refractivity contribution >= 4 is 23.2 Å². The average Bonchev–Trinajstić information content (AvgIpc) is 2.53. The van der Waals surface area contributed by atoms with E-state index in [1.165, 1.54) is 6.92 Å². The Kier molecular flexibility index (Phi) is 3.67. The normalized spacial score (nSPS) is 16.6. The second-order valence-electron chi connectivity index (χ2n) is 5.53. The van der Waals surface area contributed by atoms with Gasteiger partial charge in [-0.25, -0.2) is 0 Å². The highest BCUT2D eigenvalue weighted by Gasteiger charge is 2.28. The molecule has 112 valence electrons. The van der Waals surface area contributed by atoms with Crippen LogP contribution >= 0.6 is 0 Å². The van der Waals surface area contributed by atoms with Gasteiger partial charge in [0.2, 0.25) is 11.8 Å². The predicted molar refractivity (Wildman–Crippen MR) is 87.1 cm³/mol. The molecule has 1 unspecified atom stereocenters. The van der Waals surface area contributed by atoms with Crippen LogP contribution in [0.1, 0.15) is 30.4 Å². The summed E-state index contributed by atoms with van der Waals surface area (Å²) in [5, 5.41) is 2.91. The number of carbonyl (C=O) groups excluding carboxylic acids is 2. The third kappa shape index (κ3) is 2.48. The molecule has 0 saturated heterocycles. The third-order valence-electron chi connectivity index (χ3n) is 4.15. The molecule has 4 nitrogen and oxygen atoms in total. The van der Waals surface area contributed by atoms with Gasteiger partial charge in [0.1, 0.15) is 0 Å². The standard InChI is InChI=1S/C18H18N2O2/c1-12(21)20(2)17-10-6-4-8-14(17)15-11-18(22)19-16-9-5-3-7-13(15)16/h3-10,15H,11H2,1-2H3,(H,19,22). The quantitative estimate of drug-likeness (QED) is 0.925. The molecular formula is C18H18N2O2. The number of nitrogens with zero attached hydrogens (tertiary/aromatic N) is 1. The van der Waals surface area contributed by atoms with Crippen molar-refractivity contribution in [3.63, 3.8) is 0 Å². The number of carbonyl (C=O) groups is 2. The maximum atomic E-state index is 12.0. The molecular weight excluding hydrogens is 276 g/mol. The van der Waals surface area contributed by atoms with Gasteiger partial charge in [0, 0.05) is 37.7 Å². The van der Waals surface area contributed by atoms with E-state index in [9.17, 15) is 9.59 Å². The molecule has 0 bridgehead atoms. The Morgan fingerprint density at radius 3 is 2.45 bits per heavy atom. The van der Waals surface area contributed by atoms with Gasteiger partial charge in [-0.05, 0) is 23.3 Å². The number of hydrogen-bond acceptors (Lipinski definition) is 2. The molecule has 0 aliphatic carbocycles. The second kappa shape index (κ2) is 5.64. The van der Waals surface area contributed by atoms with Gasteiger partial charge in [0.15, 0.2) is 0 Å². The van der Waals surface area contributed by atoms with Crippen LogP contribution in [-0.4, -0.2) is 18.9 Å². The van der Waals surface area contributed by atoms with E-state index in [1.807, 2.05) is 48.5 Å². The summed E-state index contributed by atoms with van der Waals surface area (Å²) < 4.78 is 0. The van der Waals surface area contributed by atoms with Crippen molar-refractivity contribution in [1.29, 1.82) is 0 Å². The fraction of sp³-hybridized carbons (Fsp3) is 0.222. The van der Waals surface area contributed by atoms with Gasteiger partial charge in [0.25, 0.3) is 0 Å². The molecule has 2 aromatic rings. The predicted octanol–water partition coefficient (Wildman–Crippen LogP) is 3.14. The average molecular weight is 294 g/mol. The first-order valence-corrected chi connectivity index (χ1v) is 7.30. The first kappa shape index (κ1) is 14.3. The van der Waals surface area contributed by atoms with Crippen LogP contribution in [0.5, 0.6) is 0 Å². The minimum absolute atomic E-state index is 0.00369. The lowest BCUT2D eigenvalue weighted by Crippen LogP contribution is -2.27. The van der Waals surface area contributed by atoms with Crippen molar-refractivity contribution < 1.29 is 9.59 Å². The molecule has 3 rings (SSSR count). The van der Waals surface area contributed by atoms with Crippen LogP contribution in [-0.2, 0) is 9.59 Å². The Morgan fingerprint density at radius 1 is 1.09 bits per heavy atom. The zero-order chi connectivity index (χ0) is 15.7. The minimum Gasteiger partial charge on any atom is -0.326 e. The van der Waals surface area contributed by atoms with Gasteiger partial charge < -0.3 is 10.2 Å². The first-order chi connectivity index (χ1) is 10.6. The van der Waals surface area contributed by atoms with E-state index in [1.54, 1.807) is 11.9 Å². The number of anilines is 2. The van der Waals surface area contributed by atoms with E-state index < -0.39 is 0 Å². The van der Waals surface area contributed by atoms with E-state index >= 15 is 0 Å². The van der Waals surface area contributed by atoms with Crippen molar-refractivity contribution in [2.75, 3.05) is 17.3 Å². The second-order valence-corrected chi connectivity index (χ2v) is 5.53. The number of amides is 2. The number of para-hydroxylation sites is 2. The molecule has 2 amide bonds. The van der Waals surface area contributed by atoms with Crippen LogP contribution in [0.15, 0.2) is 48.5 Å². The fourth-order valence-electron chi connectivity index (χ4n) is 2.95. The van der Waals surface area contributed by atoms with Crippen molar-refractivity contribution in [3.05, 3.63) is 59.7 Å². The van der Waals surface area contributed by atoms with E-state index in [0.717, 1.165) is 22.5 Å². The Morgan fingerprint density at radius 2 is 1.73 bits per heavy atom. The SMILES string of the molecule is CC(=O)N(C)c1ccccc1C1CC(=O)Nc2ccccc21. The summed E-state index contributed by atoms with van der Waals surface area (Å²) in [5.41, 5.74) is 3.79. The number of rotatable bonds is 2. The van der Waals surface area contributed by atoms with Gasteiger partial charge in [-0.1, -0.05) is 36.4 Å². The van der Waals surface area contributed by atoms with Gasteiger partial charge in [-0.15, -0.1) is 0 Å². The van der Waals surface area contributed by atoms with Crippen molar-refractivity contribution in [2.24, 2.45) is 0 Å². The van der Waals surface area contributed by atoms with Crippen molar-refractivity contribution in [1.82, 2.24) is 0 Å². The van der Waals surface area contributed by atoms with Gasteiger partial charge >= 0.3 is 0 Å². The van der Waals surface area contributed by atoms with Crippen LogP contribution in [0.4, 0.5) is 11.4 Å². The summed E-state index contributed by atoms with van der Waals surface area (Å²) in [4.78, 5) is 25.4. The summed E-state index contributed by atoms with van der Waals surface area (Å²) in [6.45, 7) is 1.54. The molecule has 1 aliphatic heterocycles. The van der Waals surface area contributed by atoms with Crippen LogP contribution < -0.4 is 10.2 Å². The topological polar surface area (TPSA) is 49.4 Å². The molecule has 1 aliphatic rings. The summed E-state index contributed by atoms with van der Waals surface area (Å²) in [5.74, 6) is -0.0621. The van der Waals surface area contributed by atoms with E-state index in [4.69, 9.17) is 0 Å². The molecule has 0 spiro atoms. The molecule has 1 N–H and O–H groups in total. The number of hydrogen-bond donors (Lipinski definition) is 1. The maximum Gasteiger partial charge on any atom is 0.225 e. The van der Waals surface area contributed by atoms with E-state index in [0.29, 0.717) is 6.42 Å². The largest absolute Gasteiger partial charge is 0.326 e. The molecule has 0 radical (unpaired) electrons. The molecule has 0 aromatic heterocycles. The molecule has 4 heteroatoms. The maximum absolute atomic E-state index is 12.0. The minimum atomic E-state index is -0.0389. The van der Waals surface area contributed by atoms with Crippen LogP contribution in [0, 0.1) is 0 Å². The highest BCUT2D eigenvalue weighted by Crippen LogP contribution is 2.40. The zero-order valence-corrected chi connectivity index (χ0v) is 12.7. The summed E-state index contributed by atoms with van der Waals surface area (Å²) >= 11 is 0. The Balaban J connectivity index is 2.12. The Hall–Kier alpha value is -2.62. The smallest absolute Gasteiger partial charge is 0.225 e. The first-order valence-electron chi connectivity index (χ1n) is 7.30. The molecule has 1 atom stereocenters. The third-order valence-corrected chi connectivity index (χ3v) is 4.15. The van der Waals surface area contributed by atoms with Crippen molar-refractivity contribution in [3.8, 4) is 0 Å². The lowest BCUT2D eigenvalue weighted by atomic mass is 9.84. The van der Waals surface area contributed by atoms with Crippen LogP contribution in [0.2, 0.25) is 0 Å². The number of benzene rings is 2. The van der Waals surface area contributed by atoms with E-state index in [-0.39, 0.29) is 17.7 Å². The van der Waals surface area contributed by atoms with Crippen molar-refractivity contribution in [2.45, 2.75) is 19.3 Å². The van der Waals surface area contributed by atoms with Crippen LogP contribution in [0.3, 0.4) is 0 Å². The summed E-state index contributed by atoms with van der Waals surface area (Å²) in [7, 11) is 1.76. The molecule has 0 saturated carbocycles. The highest BCUT2D eigenvalue weighted by atomic mass is 16.2. The fourth-order valence-corrected chi connectivity index (χ4v) is 2.95. The Bertz CT molecular complexity index is 739.